The maximum atomic E-state index is 12.8. The first-order valence-corrected chi connectivity index (χ1v) is 27.3. The lowest BCUT2D eigenvalue weighted by atomic mass is 9.74. The van der Waals surface area contributed by atoms with E-state index in [1.807, 2.05) is 0 Å². The van der Waals surface area contributed by atoms with Crippen LogP contribution in [0, 0.1) is 10.8 Å². The van der Waals surface area contributed by atoms with E-state index in [0.717, 1.165) is 167 Å². The van der Waals surface area contributed by atoms with Crippen LogP contribution in [0.15, 0.2) is 0 Å². The highest BCUT2D eigenvalue weighted by molar-refractivity contribution is 5.75. The fourth-order valence-electron chi connectivity index (χ4n) is 9.91. The van der Waals surface area contributed by atoms with Crippen LogP contribution in [0.2, 0.25) is 0 Å². The molecule has 8 nitrogen and oxygen atoms in total. The molecule has 0 fully saturated rings. The predicted octanol–water partition coefficient (Wildman–Crippen LogP) is 14.6. The van der Waals surface area contributed by atoms with Gasteiger partial charge in [-0.3, -0.25) is 19.4 Å². The largest absolute Gasteiger partial charge is 0.481 e. The SMILES string of the molecule is CCCCCCCCC(CCCCCCCC)(CCCCCCN(CCO)CCN(CCO)CCCCCCC(CCCCCCCC)(CCCCCCCC)C(=O)O)C(=O)O. The van der Waals surface area contributed by atoms with Gasteiger partial charge in [-0.1, -0.05) is 220 Å². The van der Waals surface area contributed by atoms with Gasteiger partial charge in [-0.2, -0.15) is 0 Å². The van der Waals surface area contributed by atoms with E-state index in [2.05, 4.69) is 37.5 Å². The minimum atomic E-state index is -0.571. The first kappa shape index (κ1) is 60.8. The molecule has 0 aromatic heterocycles. The van der Waals surface area contributed by atoms with Gasteiger partial charge in [0.15, 0.2) is 0 Å². The fourth-order valence-corrected chi connectivity index (χ4v) is 9.91. The summed E-state index contributed by atoms with van der Waals surface area (Å²) in [7, 11) is 0. The smallest absolute Gasteiger partial charge is 0.309 e. The molecule has 0 aromatic rings. The minimum Gasteiger partial charge on any atom is -0.481 e. The molecule has 0 radical (unpaired) electrons. The summed E-state index contributed by atoms with van der Waals surface area (Å²) in [5, 5.41) is 40.8. The molecule has 370 valence electrons. The molecule has 0 aliphatic heterocycles. The molecule has 0 heterocycles. The molecule has 0 amide bonds. The molecular weight excluding hydrogens is 773 g/mol. The minimum absolute atomic E-state index is 0.133. The van der Waals surface area contributed by atoms with Gasteiger partial charge in [-0.05, 0) is 64.5 Å². The number of carboxylic acid groups (broad SMARTS) is 2. The van der Waals surface area contributed by atoms with Crippen molar-refractivity contribution in [1.82, 2.24) is 9.80 Å². The second-order valence-electron chi connectivity index (χ2n) is 19.7. The summed E-state index contributed by atoms with van der Waals surface area (Å²) < 4.78 is 0. The van der Waals surface area contributed by atoms with Crippen molar-refractivity contribution in [2.75, 3.05) is 52.5 Å². The average molecular weight is 881 g/mol. The first-order chi connectivity index (χ1) is 30.2. The monoisotopic (exact) mass is 881 g/mol. The molecule has 0 rings (SSSR count). The number of hydrogen-bond donors (Lipinski definition) is 4. The average Bonchev–Trinajstić information content (AvgIpc) is 3.26. The van der Waals surface area contributed by atoms with E-state index in [-0.39, 0.29) is 13.2 Å². The Kier molecular flexibility index (Phi) is 42.8. The third kappa shape index (κ3) is 32.4. The highest BCUT2D eigenvalue weighted by atomic mass is 16.4. The van der Waals surface area contributed by atoms with E-state index in [1.165, 1.54) is 103 Å². The van der Waals surface area contributed by atoms with E-state index >= 15 is 0 Å². The van der Waals surface area contributed by atoms with E-state index in [9.17, 15) is 30.0 Å². The van der Waals surface area contributed by atoms with Crippen LogP contribution in [-0.4, -0.2) is 94.6 Å². The van der Waals surface area contributed by atoms with E-state index in [4.69, 9.17) is 0 Å². The highest BCUT2D eigenvalue weighted by Gasteiger charge is 2.37. The lowest BCUT2D eigenvalue weighted by Crippen LogP contribution is -2.38. The van der Waals surface area contributed by atoms with Gasteiger partial charge in [-0.15, -0.1) is 0 Å². The van der Waals surface area contributed by atoms with Crippen LogP contribution in [0.3, 0.4) is 0 Å². The van der Waals surface area contributed by atoms with Gasteiger partial charge in [-0.25, -0.2) is 0 Å². The molecule has 0 saturated carbocycles. The van der Waals surface area contributed by atoms with Crippen molar-refractivity contribution >= 4 is 11.9 Å². The van der Waals surface area contributed by atoms with Crippen molar-refractivity contribution in [2.45, 2.75) is 272 Å². The van der Waals surface area contributed by atoms with Crippen LogP contribution >= 0.6 is 0 Å². The van der Waals surface area contributed by atoms with E-state index in [0.29, 0.717) is 13.1 Å². The number of rotatable bonds is 51. The van der Waals surface area contributed by atoms with E-state index in [1.54, 1.807) is 0 Å². The molecule has 0 saturated heterocycles. The topological polar surface area (TPSA) is 122 Å². The van der Waals surface area contributed by atoms with Crippen LogP contribution < -0.4 is 0 Å². The number of aliphatic hydroxyl groups is 2. The van der Waals surface area contributed by atoms with Crippen molar-refractivity contribution in [3.05, 3.63) is 0 Å². The van der Waals surface area contributed by atoms with Crippen molar-refractivity contribution < 1.29 is 30.0 Å². The first-order valence-electron chi connectivity index (χ1n) is 27.3. The molecule has 8 heteroatoms. The van der Waals surface area contributed by atoms with Gasteiger partial charge < -0.3 is 20.4 Å². The lowest BCUT2D eigenvalue weighted by Gasteiger charge is -2.30. The van der Waals surface area contributed by atoms with Crippen molar-refractivity contribution in [2.24, 2.45) is 10.8 Å². The third-order valence-corrected chi connectivity index (χ3v) is 14.3. The van der Waals surface area contributed by atoms with Gasteiger partial charge in [0, 0.05) is 26.2 Å². The molecule has 0 aromatic carbocycles. The summed E-state index contributed by atoms with van der Waals surface area (Å²) >= 11 is 0. The predicted molar refractivity (Wildman–Crippen MR) is 265 cm³/mol. The number of aliphatic carboxylic acids is 2. The van der Waals surface area contributed by atoms with E-state index < -0.39 is 22.8 Å². The number of carbonyl (C=O) groups is 2. The summed E-state index contributed by atoms with van der Waals surface area (Å²) in [6, 6.07) is 0. The van der Waals surface area contributed by atoms with Crippen LogP contribution in [0.4, 0.5) is 0 Å². The Bertz CT molecular complexity index is 871. The lowest BCUT2D eigenvalue weighted by molar-refractivity contribution is -0.151. The quantitative estimate of drug-likeness (QED) is 0.0446. The van der Waals surface area contributed by atoms with Crippen LogP contribution in [0.1, 0.15) is 272 Å². The van der Waals surface area contributed by atoms with Crippen molar-refractivity contribution in [1.29, 1.82) is 0 Å². The molecule has 0 spiro atoms. The maximum Gasteiger partial charge on any atom is 0.309 e. The Balaban J connectivity index is 4.95. The third-order valence-electron chi connectivity index (χ3n) is 14.3. The Morgan fingerprint density at radius 1 is 0.306 bits per heavy atom. The number of aliphatic hydroxyl groups excluding tert-OH is 2. The van der Waals surface area contributed by atoms with Gasteiger partial charge >= 0.3 is 11.9 Å². The zero-order valence-corrected chi connectivity index (χ0v) is 42.0. The zero-order chi connectivity index (χ0) is 45.8. The van der Waals surface area contributed by atoms with Gasteiger partial charge in [0.1, 0.15) is 0 Å². The highest BCUT2D eigenvalue weighted by Crippen LogP contribution is 2.39. The molecule has 4 N–H and O–H groups in total. The standard InChI is InChI=1S/C54H108N2O6/c1-5-9-13-17-21-29-37-53(51(59)60,38-30-22-18-14-10-6-2)41-33-25-27-35-43-55(47-49-57)45-46-56(48-50-58)44-36-28-26-34-42-54(52(61)62,39-31-23-19-15-11-7-3)40-32-24-20-16-12-8-4/h57-58H,5-50H2,1-4H3,(H,59,60)(H,61,62). The van der Waals surface area contributed by atoms with Gasteiger partial charge in [0.05, 0.1) is 24.0 Å². The summed E-state index contributed by atoms with van der Waals surface area (Å²) in [6.07, 6.45) is 41.8. The summed E-state index contributed by atoms with van der Waals surface area (Å²) in [4.78, 5) is 30.4. The summed E-state index contributed by atoms with van der Waals surface area (Å²) in [6.45, 7) is 14.1. The second-order valence-corrected chi connectivity index (χ2v) is 19.7. The summed E-state index contributed by atoms with van der Waals surface area (Å²) in [5.74, 6) is -1.14. The molecule has 0 atom stereocenters. The molecule has 0 unspecified atom stereocenters. The molecule has 0 aliphatic carbocycles. The van der Waals surface area contributed by atoms with Crippen molar-refractivity contribution in [3.63, 3.8) is 0 Å². The molecular formula is C54H108N2O6. The Morgan fingerprint density at radius 3 is 0.726 bits per heavy atom. The molecule has 0 bridgehead atoms. The molecule has 62 heavy (non-hydrogen) atoms. The Labute approximate surface area is 385 Å². The van der Waals surface area contributed by atoms with Crippen molar-refractivity contribution in [3.8, 4) is 0 Å². The van der Waals surface area contributed by atoms with Crippen LogP contribution in [-0.2, 0) is 9.59 Å². The van der Waals surface area contributed by atoms with Crippen LogP contribution in [0.5, 0.6) is 0 Å². The van der Waals surface area contributed by atoms with Gasteiger partial charge in [0.25, 0.3) is 0 Å². The maximum absolute atomic E-state index is 12.8. The Hall–Kier alpha value is -1.22. The molecule has 0 aliphatic rings. The Morgan fingerprint density at radius 2 is 0.516 bits per heavy atom. The number of unbranched alkanes of at least 4 members (excludes halogenated alkanes) is 26. The number of carboxylic acids is 2. The fraction of sp³-hybridized carbons (Fsp3) is 0.963. The van der Waals surface area contributed by atoms with Crippen LogP contribution in [0.25, 0.3) is 0 Å². The second kappa shape index (κ2) is 43.7. The number of nitrogens with zero attached hydrogens (tertiary/aromatic N) is 2. The van der Waals surface area contributed by atoms with Gasteiger partial charge in [0.2, 0.25) is 0 Å². The summed E-state index contributed by atoms with van der Waals surface area (Å²) in [5.41, 5.74) is -1.14. The normalized spacial score (nSPS) is 12.3. The zero-order valence-electron chi connectivity index (χ0n) is 42.0. The number of hydrogen-bond acceptors (Lipinski definition) is 6.